The summed E-state index contributed by atoms with van der Waals surface area (Å²) < 4.78 is 11.1. The maximum atomic E-state index is 12.6. The van der Waals surface area contributed by atoms with Gasteiger partial charge in [0.2, 0.25) is 5.91 Å². The van der Waals surface area contributed by atoms with Gasteiger partial charge in [-0.2, -0.15) is 0 Å². The van der Waals surface area contributed by atoms with Crippen molar-refractivity contribution in [2.75, 3.05) is 55.8 Å². The molecule has 1 aromatic heterocycles. The average molecular weight is 454 g/mol. The second-order valence-electron chi connectivity index (χ2n) is 7.35. The first-order chi connectivity index (χ1) is 15.7. The average Bonchev–Trinajstić information content (AvgIpc) is 3.32. The molecule has 168 valence electrons. The number of hydrogen-bond acceptors (Lipinski definition) is 8. The second kappa shape index (κ2) is 10.5. The molecule has 0 radical (unpaired) electrons. The van der Waals surface area contributed by atoms with E-state index in [1.54, 1.807) is 7.11 Å². The minimum atomic E-state index is -0.119. The molecule has 8 nitrogen and oxygen atoms in total. The van der Waals surface area contributed by atoms with Gasteiger partial charge in [0.05, 0.1) is 29.8 Å². The van der Waals surface area contributed by atoms with Crippen LogP contribution >= 0.6 is 11.8 Å². The summed E-state index contributed by atoms with van der Waals surface area (Å²) in [6.07, 6.45) is 0. The zero-order chi connectivity index (χ0) is 22.3. The number of anilines is 2. The lowest BCUT2D eigenvalue weighted by Crippen LogP contribution is -2.46. The number of ether oxygens (including phenoxy) is 1. The molecule has 2 aromatic carbocycles. The number of nitrogens with zero attached hydrogens (tertiary/aromatic N) is 4. The number of para-hydroxylation sites is 3. The predicted octanol–water partition coefficient (Wildman–Crippen LogP) is 3.62. The molecule has 32 heavy (non-hydrogen) atoms. The fourth-order valence-corrected chi connectivity index (χ4v) is 4.24. The molecule has 0 aliphatic carbocycles. The molecule has 9 heteroatoms. The van der Waals surface area contributed by atoms with Crippen LogP contribution < -0.4 is 15.0 Å². The third-order valence-corrected chi connectivity index (χ3v) is 6.23. The smallest absolute Gasteiger partial charge is 0.277 e. The quantitative estimate of drug-likeness (QED) is 0.518. The van der Waals surface area contributed by atoms with Gasteiger partial charge >= 0.3 is 0 Å². The Labute approximate surface area is 191 Å². The van der Waals surface area contributed by atoms with Crippen LogP contribution in [0.15, 0.2) is 58.2 Å². The Morgan fingerprint density at radius 3 is 2.62 bits per heavy atom. The van der Waals surface area contributed by atoms with Crippen molar-refractivity contribution < 1.29 is 13.9 Å². The monoisotopic (exact) mass is 453 g/mol. The number of nitrogens with one attached hydrogen (secondary N) is 1. The van der Waals surface area contributed by atoms with Gasteiger partial charge < -0.3 is 24.3 Å². The number of carbonyl (C=O) groups is 1. The Kier molecular flexibility index (Phi) is 7.28. The van der Waals surface area contributed by atoms with Gasteiger partial charge in [0.25, 0.3) is 11.1 Å². The van der Waals surface area contributed by atoms with E-state index in [1.165, 1.54) is 11.8 Å². The maximum absolute atomic E-state index is 12.6. The highest BCUT2D eigenvalue weighted by Gasteiger charge is 2.19. The van der Waals surface area contributed by atoms with E-state index in [1.807, 2.05) is 42.5 Å². The highest BCUT2D eigenvalue weighted by atomic mass is 32.2. The van der Waals surface area contributed by atoms with Crippen molar-refractivity contribution in [3.8, 4) is 17.2 Å². The van der Waals surface area contributed by atoms with Crippen molar-refractivity contribution in [3.05, 3.63) is 48.5 Å². The second-order valence-corrected chi connectivity index (χ2v) is 8.28. The van der Waals surface area contributed by atoms with Crippen molar-refractivity contribution in [1.29, 1.82) is 0 Å². The van der Waals surface area contributed by atoms with Crippen LogP contribution in [0.1, 0.15) is 6.92 Å². The van der Waals surface area contributed by atoms with Crippen molar-refractivity contribution in [2.24, 2.45) is 0 Å². The summed E-state index contributed by atoms with van der Waals surface area (Å²) in [5.41, 5.74) is 2.59. The van der Waals surface area contributed by atoms with Crippen LogP contribution in [-0.2, 0) is 4.79 Å². The van der Waals surface area contributed by atoms with Gasteiger partial charge in [-0.05, 0) is 30.8 Å². The van der Waals surface area contributed by atoms with Crippen molar-refractivity contribution in [3.63, 3.8) is 0 Å². The van der Waals surface area contributed by atoms with E-state index in [2.05, 4.69) is 38.3 Å². The molecule has 1 aliphatic heterocycles. The lowest BCUT2D eigenvalue weighted by atomic mass is 10.2. The van der Waals surface area contributed by atoms with Crippen LogP contribution in [0.4, 0.5) is 11.4 Å². The van der Waals surface area contributed by atoms with Crippen LogP contribution in [0.25, 0.3) is 11.5 Å². The molecule has 0 saturated carbocycles. The van der Waals surface area contributed by atoms with E-state index < -0.39 is 0 Å². The van der Waals surface area contributed by atoms with Gasteiger partial charge in [0.15, 0.2) is 0 Å². The third kappa shape index (κ3) is 5.23. The van der Waals surface area contributed by atoms with Gasteiger partial charge in [0, 0.05) is 26.2 Å². The summed E-state index contributed by atoms with van der Waals surface area (Å²) >= 11 is 1.21. The van der Waals surface area contributed by atoms with E-state index in [0.717, 1.165) is 49.7 Å². The van der Waals surface area contributed by atoms with E-state index in [9.17, 15) is 4.79 Å². The van der Waals surface area contributed by atoms with Gasteiger partial charge in [-0.3, -0.25) is 4.79 Å². The van der Waals surface area contributed by atoms with Gasteiger partial charge in [-0.25, -0.2) is 0 Å². The molecule has 0 spiro atoms. The van der Waals surface area contributed by atoms with Crippen LogP contribution in [0.2, 0.25) is 0 Å². The predicted molar refractivity (Wildman–Crippen MR) is 126 cm³/mol. The zero-order valence-electron chi connectivity index (χ0n) is 18.3. The number of hydrogen-bond donors (Lipinski definition) is 1. The van der Waals surface area contributed by atoms with Crippen molar-refractivity contribution in [1.82, 2.24) is 15.1 Å². The summed E-state index contributed by atoms with van der Waals surface area (Å²) in [7, 11) is 1.59. The normalized spacial score (nSPS) is 14.4. The topological polar surface area (TPSA) is 83.7 Å². The van der Waals surface area contributed by atoms with Crippen LogP contribution in [-0.4, -0.2) is 66.6 Å². The Balaban J connectivity index is 1.36. The lowest BCUT2D eigenvalue weighted by Gasteiger charge is -2.36. The molecule has 1 aliphatic rings. The van der Waals surface area contributed by atoms with E-state index in [-0.39, 0.29) is 11.7 Å². The largest absolute Gasteiger partial charge is 0.496 e. The fourth-order valence-electron chi connectivity index (χ4n) is 3.67. The molecular formula is C23H27N5O3S. The molecular weight excluding hydrogens is 426 g/mol. The standard InChI is InChI=1S/C23H27N5O3S/c1-3-27-12-14-28(15-13-27)19-10-6-5-9-18(19)24-21(29)16-32-23-26-25-22(31-23)17-8-4-7-11-20(17)30-2/h4-11H,3,12-16H2,1-2H3,(H,24,29). The highest BCUT2D eigenvalue weighted by Crippen LogP contribution is 2.31. The number of amides is 1. The molecule has 1 amide bonds. The van der Waals surface area contributed by atoms with Crippen molar-refractivity contribution in [2.45, 2.75) is 12.1 Å². The molecule has 4 rings (SSSR count). The Hall–Kier alpha value is -3.04. The summed E-state index contributed by atoms with van der Waals surface area (Å²) in [6, 6.07) is 15.4. The Morgan fingerprint density at radius 2 is 1.84 bits per heavy atom. The summed E-state index contributed by atoms with van der Waals surface area (Å²) in [6.45, 7) is 7.20. The molecule has 1 fully saturated rings. The van der Waals surface area contributed by atoms with E-state index in [4.69, 9.17) is 9.15 Å². The minimum absolute atomic E-state index is 0.119. The highest BCUT2D eigenvalue weighted by molar-refractivity contribution is 7.99. The number of benzene rings is 2. The first-order valence-corrected chi connectivity index (χ1v) is 11.6. The number of likely N-dealkylation sites (N-methyl/N-ethyl adjacent to an activating group) is 1. The van der Waals surface area contributed by atoms with Gasteiger partial charge in [-0.1, -0.05) is 43.0 Å². The van der Waals surface area contributed by atoms with Crippen molar-refractivity contribution >= 4 is 29.0 Å². The molecule has 1 N–H and O–H groups in total. The van der Waals surface area contributed by atoms with E-state index >= 15 is 0 Å². The molecule has 1 saturated heterocycles. The van der Waals surface area contributed by atoms with E-state index in [0.29, 0.717) is 16.9 Å². The summed E-state index contributed by atoms with van der Waals surface area (Å²) in [5, 5.41) is 11.5. The first-order valence-electron chi connectivity index (χ1n) is 10.6. The maximum Gasteiger partial charge on any atom is 0.277 e. The SMILES string of the molecule is CCN1CCN(c2ccccc2NC(=O)CSc2nnc(-c3ccccc3OC)o2)CC1. The molecule has 2 heterocycles. The third-order valence-electron chi connectivity index (χ3n) is 5.41. The lowest BCUT2D eigenvalue weighted by molar-refractivity contribution is -0.113. The van der Waals surface area contributed by atoms with Crippen LogP contribution in [0, 0.1) is 0 Å². The van der Waals surface area contributed by atoms with Gasteiger partial charge in [0.1, 0.15) is 5.75 Å². The number of rotatable bonds is 8. The first kappa shape index (κ1) is 22.2. The fraction of sp³-hybridized carbons (Fsp3) is 0.348. The van der Waals surface area contributed by atoms with Gasteiger partial charge in [-0.15, -0.1) is 10.2 Å². The molecule has 0 atom stereocenters. The number of thioether (sulfide) groups is 1. The molecule has 3 aromatic rings. The molecule has 0 bridgehead atoms. The zero-order valence-corrected chi connectivity index (χ0v) is 19.1. The Morgan fingerprint density at radius 1 is 1.09 bits per heavy atom. The number of piperazine rings is 1. The number of aromatic nitrogens is 2. The molecule has 0 unspecified atom stereocenters. The Bertz CT molecular complexity index is 1050. The summed E-state index contributed by atoms with van der Waals surface area (Å²) in [4.78, 5) is 17.4. The number of carbonyl (C=O) groups excluding carboxylic acids is 1. The van der Waals surface area contributed by atoms with Crippen LogP contribution in [0.3, 0.4) is 0 Å². The number of methoxy groups -OCH3 is 1. The minimum Gasteiger partial charge on any atom is -0.496 e. The summed E-state index contributed by atoms with van der Waals surface area (Å²) in [5.74, 6) is 1.07. The van der Waals surface area contributed by atoms with Crippen LogP contribution in [0.5, 0.6) is 5.75 Å².